The molecule has 0 aliphatic carbocycles. The molecule has 4 nitrogen and oxygen atoms in total. The number of rotatable bonds is 3. The maximum absolute atomic E-state index is 11.0. The number of fused-ring (bicyclic) bond motifs is 1. The van der Waals surface area contributed by atoms with Crippen molar-refractivity contribution >= 4 is 23.0 Å². The van der Waals surface area contributed by atoms with Crippen LogP contribution in [0.1, 0.15) is 26.6 Å². The Balaban J connectivity index is 1.84. The van der Waals surface area contributed by atoms with Crippen LogP contribution in [0.25, 0.3) is 0 Å². The van der Waals surface area contributed by atoms with E-state index in [0.717, 1.165) is 41.5 Å². The fraction of sp³-hybridized carbons (Fsp3) is 0.286. The summed E-state index contributed by atoms with van der Waals surface area (Å²) in [5.41, 5.74) is 3.68. The topological polar surface area (TPSA) is 53.4 Å². The number of carboxylic acid groups (broad SMARTS) is 1. The largest absolute Gasteiger partial charge is 0.478 e. The minimum atomic E-state index is -0.864. The Bertz CT molecular complexity index is 636. The van der Waals surface area contributed by atoms with E-state index in [9.17, 15) is 4.79 Å². The number of aryl methyl sites for hydroxylation is 1. The normalized spacial score (nSPS) is 13.6. The van der Waals surface area contributed by atoms with Crippen LogP contribution < -0.4 is 4.90 Å². The van der Waals surface area contributed by atoms with Crippen LogP contribution in [0, 0.1) is 6.92 Å². The number of aromatic carboxylic acids is 1. The van der Waals surface area contributed by atoms with Gasteiger partial charge in [-0.3, -0.25) is 0 Å². The van der Waals surface area contributed by atoms with Crippen LogP contribution in [0.4, 0.5) is 5.69 Å². The number of nitrogens with zero attached hydrogens (tertiary/aromatic N) is 2. The maximum Gasteiger partial charge on any atom is 0.335 e. The Morgan fingerprint density at radius 1 is 1.53 bits per heavy atom. The molecule has 0 amide bonds. The zero-order valence-corrected chi connectivity index (χ0v) is 11.4. The fourth-order valence-electron chi connectivity index (χ4n) is 2.41. The Labute approximate surface area is 115 Å². The third-order valence-corrected chi connectivity index (χ3v) is 4.26. The molecule has 19 heavy (non-hydrogen) atoms. The minimum Gasteiger partial charge on any atom is -0.478 e. The van der Waals surface area contributed by atoms with E-state index in [1.54, 1.807) is 23.5 Å². The predicted molar refractivity (Wildman–Crippen MR) is 75.0 cm³/mol. The quantitative estimate of drug-likeness (QED) is 0.935. The minimum absolute atomic E-state index is 0.366. The van der Waals surface area contributed by atoms with Gasteiger partial charge in [-0.05, 0) is 37.1 Å². The Hall–Kier alpha value is -1.88. The summed E-state index contributed by atoms with van der Waals surface area (Å²) < 4.78 is 0. The van der Waals surface area contributed by atoms with Crippen LogP contribution in [0.3, 0.4) is 0 Å². The lowest BCUT2D eigenvalue weighted by Crippen LogP contribution is -2.19. The monoisotopic (exact) mass is 274 g/mol. The van der Waals surface area contributed by atoms with Crippen molar-refractivity contribution in [3.8, 4) is 0 Å². The summed E-state index contributed by atoms with van der Waals surface area (Å²) in [6.07, 6.45) is 0.904. The predicted octanol–water partition coefficient (Wildman–Crippen LogP) is 2.71. The summed E-state index contributed by atoms with van der Waals surface area (Å²) in [6.45, 7) is 3.73. The zero-order chi connectivity index (χ0) is 13.4. The van der Waals surface area contributed by atoms with Crippen molar-refractivity contribution in [2.75, 3.05) is 11.4 Å². The molecule has 1 aromatic heterocycles. The van der Waals surface area contributed by atoms with E-state index in [4.69, 9.17) is 5.11 Å². The number of anilines is 1. The van der Waals surface area contributed by atoms with Gasteiger partial charge in [0.2, 0.25) is 0 Å². The molecule has 0 bridgehead atoms. The van der Waals surface area contributed by atoms with Crippen molar-refractivity contribution < 1.29 is 9.90 Å². The first-order valence-corrected chi connectivity index (χ1v) is 7.03. The van der Waals surface area contributed by atoms with E-state index >= 15 is 0 Å². The fourth-order valence-corrected chi connectivity index (χ4v) is 3.19. The van der Waals surface area contributed by atoms with Crippen LogP contribution in [0.2, 0.25) is 0 Å². The molecule has 0 saturated heterocycles. The SMILES string of the molecule is Cc1csc(CN2CCc3cc(C(=O)O)ccc32)n1. The lowest BCUT2D eigenvalue weighted by Gasteiger charge is -2.17. The first-order valence-electron chi connectivity index (χ1n) is 6.15. The van der Waals surface area contributed by atoms with Crippen molar-refractivity contribution in [1.82, 2.24) is 4.98 Å². The molecule has 3 rings (SSSR count). The van der Waals surface area contributed by atoms with Gasteiger partial charge in [0, 0.05) is 23.3 Å². The van der Waals surface area contributed by atoms with Gasteiger partial charge in [0.05, 0.1) is 12.1 Å². The number of hydrogen-bond donors (Lipinski definition) is 1. The standard InChI is InChI=1S/C14H14N2O2S/c1-9-8-19-13(15-9)7-16-5-4-10-6-11(14(17)18)2-3-12(10)16/h2-3,6,8H,4-5,7H2,1H3,(H,17,18). The van der Waals surface area contributed by atoms with Crippen LogP contribution in [0.5, 0.6) is 0 Å². The molecule has 5 heteroatoms. The average Bonchev–Trinajstić information content (AvgIpc) is 2.96. The second-order valence-corrected chi connectivity index (χ2v) is 5.65. The second kappa shape index (κ2) is 4.66. The van der Waals surface area contributed by atoms with Crippen LogP contribution >= 0.6 is 11.3 Å². The highest BCUT2D eigenvalue weighted by Gasteiger charge is 2.21. The first kappa shape index (κ1) is 12.2. The number of aromatic nitrogens is 1. The molecule has 0 radical (unpaired) electrons. The Morgan fingerprint density at radius 2 is 2.37 bits per heavy atom. The maximum atomic E-state index is 11.0. The van der Waals surface area contributed by atoms with Crippen LogP contribution in [-0.4, -0.2) is 22.6 Å². The van der Waals surface area contributed by atoms with Gasteiger partial charge in [-0.1, -0.05) is 0 Å². The van der Waals surface area contributed by atoms with Gasteiger partial charge in [0.25, 0.3) is 0 Å². The smallest absolute Gasteiger partial charge is 0.335 e. The molecule has 0 spiro atoms. The molecule has 0 fully saturated rings. The molecule has 1 aromatic carbocycles. The van der Waals surface area contributed by atoms with Crippen molar-refractivity contribution in [3.05, 3.63) is 45.4 Å². The molecule has 1 aliphatic rings. The highest BCUT2D eigenvalue weighted by Crippen LogP contribution is 2.30. The Kier molecular flexibility index (Phi) is 2.98. The van der Waals surface area contributed by atoms with Crippen molar-refractivity contribution in [3.63, 3.8) is 0 Å². The van der Waals surface area contributed by atoms with E-state index in [-0.39, 0.29) is 0 Å². The molecular formula is C14H14N2O2S. The molecular weight excluding hydrogens is 260 g/mol. The molecule has 0 unspecified atom stereocenters. The van der Waals surface area contributed by atoms with Gasteiger partial charge in [0.15, 0.2) is 0 Å². The van der Waals surface area contributed by atoms with Gasteiger partial charge in [-0.2, -0.15) is 0 Å². The van der Waals surface area contributed by atoms with Crippen LogP contribution in [-0.2, 0) is 13.0 Å². The lowest BCUT2D eigenvalue weighted by molar-refractivity contribution is 0.0697. The van der Waals surface area contributed by atoms with Gasteiger partial charge in [-0.15, -0.1) is 11.3 Å². The molecule has 1 aliphatic heterocycles. The third kappa shape index (κ3) is 2.33. The van der Waals surface area contributed by atoms with Gasteiger partial charge < -0.3 is 10.0 Å². The first-order chi connectivity index (χ1) is 9.13. The van der Waals surface area contributed by atoms with Crippen LogP contribution in [0.15, 0.2) is 23.6 Å². The summed E-state index contributed by atoms with van der Waals surface area (Å²) >= 11 is 1.67. The van der Waals surface area contributed by atoms with E-state index in [2.05, 4.69) is 15.3 Å². The molecule has 2 heterocycles. The molecule has 1 N–H and O–H groups in total. The molecule has 0 saturated carbocycles. The van der Waals surface area contributed by atoms with E-state index in [1.165, 1.54) is 0 Å². The molecule has 2 aromatic rings. The Morgan fingerprint density at radius 3 is 3.05 bits per heavy atom. The summed E-state index contributed by atoms with van der Waals surface area (Å²) in [6, 6.07) is 5.36. The molecule has 98 valence electrons. The number of hydrogen-bond acceptors (Lipinski definition) is 4. The average molecular weight is 274 g/mol. The van der Waals surface area contributed by atoms with Crippen molar-refractivity contribution in [1.29, 1.82) is 0 Å². The van der Waals surface area contributed by atoms with Gasteiger partial charge in [0.1, 0.15) is 5.01 Å². The van der Waals surface area contributed by atoms with E-state index in [1.807, 2.05) is 13.0 Å². The summed E-state index contributed by atoms with van der Waals surface area (Å²) in [7, 11) is 0. The number of thiazole rings is 1. The summed E-state index contributed by atoms with van der Waals surface area (Å²) in [5.74, 6) is -0.864. The van der Waals surface area contributed by atoms with E-state index < -0.39 is 5.97 Å². The highest BCUT2D eigenvalue weighted by molar-refractivity contribution is 7.09. The van der Waals surface area contributed by atoms with Crippen molar-refractivity contribution in [2.45, 2.75) is 19.9 Å². The lowest BCUT2D eigenvalue weighted by atomic mass is 10.1. The highest BCUT2D eigenvalue weighted by atomic mass is 32.1. The van der Waals surface area contributed by atoms with Gasteiger partial charge in [-0.25, -0.2) is 9.78 Å². The van der Waals surface area contributed by atoms with E-state index in [0.29, 0.717) is 5.56 Å². The van der Waals surface area contributed by atoms with Gasteiger partial charge >= 0.3 is 5.97 Å². The molecule has 0 atom stereocenters. The number of carboxylic acids is 1. The van der Waals surface area contributed by atoms with Crippen molar-refractivity contribution in [2.24, 2.45) is 0 Å². The number of benzene rings is 1. The number of carbonyl (C=O) groups is 1. The third-order valence-electron chi connectivity index (χ3n) is 3.31. The summed E-state index contributed by atoms with van der Waals surface area (Å²) in [5, 5.41) is 12.2. The zero-order valence-electron chi connectivity index (χ0n) is 10.6. The summed E-state index contributed by atoms with van der Waals surface area (Å²) in [4.78, 5) is 17.7. The second-order valence-electron chi connectivity index (χ2n) is 4.70.